The molecular formula is C15H24N2O2S2. The monoisotopic (exact) mass is 328 g/mol. The number of nitrogens with zero attached hydrogens (tertiary/aromatic N) is 1. The predicted molar refractivity (Wildman–Crippen MR) is 89.1 cm³/mol. The molecule has 1 heterocycles. The normalized spacial score (nSPS) is 20.6. The number of nitrogens with one attached hydrogen (secondary N) is 1. The fraction of sp³-hybridized carbons (Fsp3) is 0.600. The maximum absolute atomic E-state index is 12.9. The zero-order valence-electron chi connectivity index (χ0n) is 12.7. The Morgan fingerprint density at radius 3 is 2.86 bits per heavy atom. The van der Waals surface area contributed by atoms with Crippen LogP contribution in [0.4, 0.5) is 0 Å². The molecule has 1 unspecified atom stereocenters. The molecule has 0 radical (unpaired) electrons. The van der Waals surface area contributed by atoms with Crippen LogP contribution < -0.4 is 5.32 Å². The van der Waals surface area contributed by atoms with Gasteiger partial charge in [-0.15, -0.1) is 0 Å². The standard InChI is InChI=1S/C15H24N2O2S2/c1-3-8-16-11-14-6-4-5-7-15(14)21(18,19)17-9-10-20-13(2)12-17/h4-7,13,16H,3,8-12H2,1-2H3. The zero-order valence-corrected chi connectivity index (χ0v) is 14.3. The second-order valence-electron chi connectivity index (χ2n) is 5.33. The van der Waals surface area contributed by atoms with E-state index in [-0.39, 0.29) is 0 Å². The summed E-state index contributed by atoms with van der Waals surface area (Å²) < 4.78 is 27.4. The summed E-state index contributed by atoms with van der Waals surface area (Å²) in [7, 11) is -3.38. The Balaban J connectivity index is 2.22. The van der Waals surface area contributed by atoms with Crippen LogP contribution in [0, 0.1) is 0 Å². The van der Waals surface area contributed by atoms with Crippen LogP contribution in [0.25, 0.3) is 0 Å². The molecule has 1 N–H and O–H groups in total. The highest BCUT2D eigenvalue weighted by molar-refractivity contribution is 8.00. The Hall–Kier alpha value is -0.560. The van der Waals surface area contributed by atoms with Crippen LogP contribution in [0.5, 0.6) is 0 Å². The SMILES string of the molecule is CCCNCc1ccccc1S(=O)(=O)N1CCSC(C)C1. The largest absolute Gasteiger partial charge is 0.313 e. The molecule has 21 heavy (non-hydrogen) atoms. The molecule has 1 aliphatic rings. The van der Waals surface area contributed by atoms with Gasteiger partial charge < -0.3 is 5.32 Å². The van der Waals surface area contributed by atoms with Crippen LogP contribution in [0.15, 0.2) is 29.2 Å². The van der Waals surface area contributed by atoms with Crippen LogP contribution in [0.3, 0.4) is 0 Å². The van der Waals surface area contributed by atoms with Gasteiger partial charge in [-0.1, -0.05) is 32.0 Å². The van der Waals surface area contributed by atoms with Gasteiger partial charge in [0.25, 0.3) is 0 Å². The van der Waals surface area contributed by atoms with Crippen LogP contribution in [-0.2, 0) is 16.6 Å². The highest BCUT2D eigenvalue weighted by Gasteiger charge is 2.30. The van der Waals surface area contributed by atoms with Gasteiger partial charge in [-0.2, -0.15) is 16.1 Å². The molecule has 1 aliphatic heterocycles. The van der Waals surface area contributed by atoms with E-state index in [9.17, 15) is 8.42 Å². The topological polar surface area (TPSA) is 49.4 Å². The lowest BCUT2D eigenvalue weighted by molar-refractivity contribution is 0.423. The first-order chi connectivity index (χ1) is 10.1. The Bertz CT molecular complexity index is 561. The van der Waals surface area contributed by atoms with Crippen molar-refractivity contribution in [1.82, 2.24) is 9.62 Å². The second-order valence-corrected chi connectivity index (χ2v) is 8.78. The van der Waals surface area contributed by atoms with Crippen LogP contribution in [0.2, 0.25) is 0 Å². The average molecular weight is 329 g/mol. The molecule has 0 aliphatic carbocycles. The molecule has 0 spiro atoms. The van der Waals surface area contributed by atoms with Gasteiger partial charge in [-0.25, -0.2) is 8.42 Å². The summed E-state index contributed by atoms with van der Waals surface area (Å²) in [5.41, 5.74) is 0.858. The van der Waals surface area contributed by atoms with E-state index in [1.165, 1.54) is 0 Å². The van der Waals surface area contributed by atoms with Gasteiger partial charge in [-0.3, -0.25) is 0 Å². The first kappa shape index (κ1) is 16.8. The molecule has 1 atom stereocenters. The van der Waals surface area contributed by atoms with E-state index in [1.54, 1.807) is 16.4 Å². The van der Waals surface area contributed by atoms with Gasteiger partial charge in [0.2, 0.25) is 10.0 Å². The molecule has 1 fully saturated rings. The Kier molecular flexibility index (Phi) is 6.10. The molecule has 0 saturated carbocycles. The number of hydrogen-bond donors (Lipinski definition) is 1. The third-order valence-electron chi connectivity index (χ3n) is 3.54. The number of sulfonamides is 1. The third kappa shape index (κ3) is 4.22. The fourth-order valence-corrected chi connectivity index (χ4v) is 5.42. The van der Waals surface area contributed by atoms with E-state index in [2.05, 4.69) is 19.2 Å². The number of rotatable bonds is 6. The molecular weight excluding hydrogens is 304 g/mol. The van der Waals surface area contributed by atoms with E-state index in [0.717, 1.165) is 24.3 Å². The van der Waals surface area contributed by atoms with Crippen molar-refractivity contribution in [3.05, 3.63) is 29.8 Å². The van der Waals surface area contributed by atoms with Gasteiger partial charge in [0, 0.05) is 30.6 Å². The smallest absolute Gasteiger partial charge is 0.243 e. The summed E-state index contributed by atoms with van der Waals surface area (Å²) in [5, 5.41) is 3.65. The predicted octanol–water partition coefficient (Wildman–Crippen LogP) is 2.31. The van der Waals surface area contributed by atoms with Crippen molar-refractivity contribution in [2.24, 2.45) is 0 Å². The minimum absolute atomic E-state index is 0.360. The van der Waals surface area contributed by atoms with Crippen molar-refractivity contribution in [3.63, 3.8) is 0 Å². The van der Waals surface area contributed by atoms with Crippen LogP contribution >= 0.6 is 11.8 Å². The van der Waals surface area contributed by atoms with Gasteiger partial charge in [-0.05, 0) is 24.6 Å². The molecule has 2 rings (SSSR count). The number of thioether (sulfide) groups is 1. The number of benzene rings is 1. The van der Waals surface area contributed by atoms with E-state index in [0.29, 0.717) is 29.8 Å². The van der Waals surface area contributed by atoms with Crippen molar-refractivity contribution in [2.45, 2.75) is 37.0 Å². The van der Waals surface area contributed by atoms with Gasteiger partial charge in [0.1, 0.15) is 0 Å². The Morgan fingerprint density at radius 2 is 2.14 bits per heavy atom. The molecule has 0 bridgehead atoms. The summed E-state index contributed by atoms with van der Waals surface area (Å²) in [5.74, 6) is 0.872. The molecule has 4 nitrogen and oxygen atoms in total. The van der Waals surface area contributed by atoms with E-state index in [4.69, 9.17) is 0 Å². The van der Waals surface area contributed by atoms with Crippen molar-refractivity contribution in [3.8, 4) is 0 Å². The highest BCUT2D eigenvalue weighted by Crippen LogP contribution is 2.26. The molecule has 118 valence electrons. The minimum atomic E-state index is -3.38. The molecule has 0 amide bonds. The summed E-state index contributed by atoms with van der Waals surface area (Å²) in [6.07, 6.45) is 1.04. The summed E-state index contributed by atoms with van der Waals surface area (Å²) in [6, 6.07) is 7.33. The first-order valence-corrected chi connectivity index (χ1v) is 9.95. The highest BCUT2D eigenvalue weighted by atomic mass is 32.2. The van der Waals surface area contributed by atoms with Crippen molar-refractivity contribution >= 4 is 21.8 Å². The van der Waals surface area contributed by atoms with E-state index in [1.807, 2.05) is 23.9 Å². The zero-order chi connectivity index (χ0) is 15.3. The Labute approximate surface area is 132 Å². The molecule has 1 aromatic rings. The molecule has 6 heteroatoms. The fourth-order valence-electron chi connectivity index (χ4n) is 2.45. The summed E-state index contributed by atoms with van der Waals surface area (Å²) in [6.45, 7) is 6.88. The molecule has 1 aromatic carbocycles. The van der Waals surface area contributed by atoms with Gasteiger partial charge in [0.05, 0.1) is 4.90 Å². The maximum Gasteiger partial charge on any atom is 0.243 e. The maximum atomic E-state index is 12.9. The average Bonchev–Trinajstić information content (AvgIpc) is 2.48. The lowest BCUT2D eigenvalue weighted by Gasteiger charge is -2.30. The van der Waals surface area contributed by atoms with Gasteiger partial charge in [0.15, 0.2) is 0 Å². The molecule has 0 aromatic heterocycles. The molecule has 1 saturated heterocycles. The second kappa shape index (κ2) is 7.63. The van der Waals surface area contributed by atoms with Crippen LogP contribution in [-0.4, -0.2) is 43.4 Å². The Morgan fingerprint density at radius 1 is 1.38 bits per heavy atom. The summed E-state index contributed by atoms with van der Waals surface area (Å²) in [4.78, 5) is 0.452. The van der Waals surface area contributed by atoms with Crippen LogP contribution in [0.1, 0.15) is 25.8 Å². The lowest BCUT2D eigenvalue weighted by Crippen LogP contribution is -2.41. The van der Waals surface area contributed by atoms with E-state index < -0.39 is 10.0 Å². The van der Waals surface area contributed by atoms with Crippen molar-refractivity contribution < 1.29 is 8.42 Å². The van der Waals surface area contributed by atoms with Crippen molar-refractivity contribution in [2.75, 3.05) is 25.4 Å². The first-order valence-electron chi connectivity index (χ1n) is 7.46. The third-order valence-corrected chi connectivity index (χ3v) is 6.64. The van der Waals surface area contributed by atoms with Crippen molar-refractivity contribution in [1.29, 1.82) is 0 Å². The minimum Gasteiger partial charge on any atom is -0.313 e. The van der Waals surface area contributed by atoms with Gasteiger partial charge >= 0.3 is 0 Å². The van der Waals surface area contributed by atoms with E-state index >= 15 is 0 Å². The quantitative estimate of drug-likeness (QED) is 0.814. The lowest BCUT2D eigenvalue weighted by atomic mass is 10.2. The summed E-state index contributed by atoms with van der Waals surface area (Å²) >= 11 is 1.84. The number of hydrogen-bond acceptors (Lipinski definition) is 4.